The SMILES string of the molecule is CCc1[nH]nc2c(N)nc3ccccc3c12. The van der Waals surface area contributed by atoms with Gasteiger partial charge in [-0.05, 0) is 12.5 Å². The molecule has 80 valence electrons. The van der Waals surface area contributed by atoms with E-state index in [0.29, 0.717) is 5.82 Å². The van der Waals surface area contributed by atoms with E-state index in [0.717, 1.165) is 33.9 Å². The predicted octanol–water partition coefficient (Wildman–Crippen LogP) is 2.26. The highest BCUT2D eigenvalue weighted by molar-refractivity contribution is 6.09. The van der Waals surface area contributed by atoms with Gasteiger partial charge >= 0.3 is 0 Å². The molecule has 0 aliphatic carbocycles. The number of para-hydroxylation sites is 1. The van der Waals surface area contributed by atoms with Crippen molar-refractivity contribution in [2.24, 2.45) is 0 Å². The third kappa shape index (κ3) is 1.10. The first-order valence-corrected chi connectivity index (χ1v) is 5.32. The molecule has 0 radical (unpaired) electrons. The van der Waals surface area contributed by atoms with Crippen LogP contribution in [0.4, 0.5) is 5.82 Å². The van der Waals surface area contributed by atoms with E-state index in [-0.39, 0.29) is 0 Å². The van der Waals surface area contributed by atoms with Crippen LogP contribution < -0.4 is 5.73 Å². The summed E-state index contributed by atoms with van der Waals surface area (Å²) < 4.78 is 0. The van der Waals surface area contributed by atoms with Crippen LogP contribution in [0.5, 0.6) is 0 Å². The molecule has 3 aromatic rings. The summed E-state index contributed by atoms with van der Waals surface area (Å²) >= 11 is 0. The zero-order chi connectivity index (χ0) is 11.1. The highest BCUT2D eigenvalue weighted by Gasteiger charge is 2.11. The molecule has 4 nitrogen and oxygen atoms in total. The third-order valence-corrected chi connectivity index (χ3v) is 2.85. The van der Waals surface area contributed by atoms with Crippen molar-refractivity contribution < 1.29 is 0 Å². The predicted molar refractivity (Wildman–Crippen MR) is 65.2 cm³/mol. The third-order valence-electron chi connectivity index (χ3n) is 2.85. The van der Waals surface area contributed by atoms with Crippen molar-refractivity contribution in [3.05, 3.63) is 30.0 Å². The van der Waals surface area contributed by atoms with Gasteiger partial charge in [-0.1, -0.05) is 25.1 Å². The highest BCUT2D eigenvalue weighted by Crippen LogP contribution is 2.28. The standard InChI is InChI=1S/C12H12N4/c1-2-8-10-7-5-3-4-6-9(7)14-12(13)11(10)16-15-8/h3-6H,2H2,1H3,(H2,13,14)(H,15,16). The molecule has 0 aliphatic heterocycles. The lowest BCUT2D eigenvalue weighted by atomic mass is 10.1. The molecule has 3 N–H and O–H groups in total. The number of aromatic amines is 1. The highest BCUT2D eigenvalue weighted by atomic mass is 15.1. The molecule has 0 amide bonds. The molecule has 0 aliphatic rings. The molecule has 3 rings (SSSR count). The van der Waals surface area contributed by atoms with Gasteiger partial charge in [0.1, 0.15) is 5.52 Å². The van der Waals surface area contributed by atoms with Gasteiger partial charge in [-0.2, -0.15) is 5.10 Å². The Morgan fingerprint density at radius 3 is 2.94 bits per heavy atom. The molecule has 0 unspecified atom stereocenters. The van der Waals surface area contributed by atoms with Gasteiger partial charge in [-0.15, -0.1) is 0 Å². The van der Waals surface area contributed by atoms with E-state index in [1.807, 2.05) is 18.2 Å². The number of aromatic nitrogens is 3. The minimum atomic E-state index is 0.490. The Morgan fingerprint density at radius 2 is 2.12 bits per heavy atom. The molecule has 0 fully saturated rings. The second-order valence-electron chi connectivity index (χ2n) is 3.79. The Labute approximate surface area is 92.5 Å². The molecule has 4 heteroatoms. The van der Waals surface area contributed by atoms with E-state index < -0.39 is 0 Å². The summed E-state index contributed by atoms with van der Waals surface area (Å²) in [7, 11) is 0. The second kappa shape index (κ2) is 3.20. The lowest BCUT2D eigenvalue weighted by Crippen LogP contribution is -1.93. The number of fused-ring (bicyclic) bond motifs is 3. The van der Waals surface area contributed by atoms with Gasteiger partial charge in [-0.3, -0.25) is 5.10 Å². The van der Waals surface area contributed by atoms with Gasteiger partial charge < -0.3 is 5.73 Å². The first kappa shape index (κ1) is 9.15. The number of benzene rings is 1. The van der Waals surface area contributed by atoms with Gasteiger partial charge in [0, 0.05) is 16.5 Å². The number of anilines is 1. The molecule has 0 saturated heterocycles. The number of H-pyrrole nitrogens is 1. The Bertz CT molecular complexity index is 669. The monoisotopic (exact) mass is 212 g/mol. The second-order valence-corrected chi connectivity index (χ2v) is 3.79. The lowest BCUT2D eigenvalue weighted by molar-refractivity contribution is 0.988. The van der Waals surface area contributed by atoms with Crippen molar-refractivity contribution in [2.75, 3.05) is 5.73 Å². The van der Waals surface area contributed by atoms with E-state index in [1.54, 1.807) is 0 Å². The van der Waals surface area contributed by atoms with Gasteiger partial charge in [0.05, 0.1) is 5.52 Å². The Hall–Kier alpha value is -2.10. The topological polar surface area (TPSA) is 67.6 Å². The maximum atomic E-state index is 5.90. The van der Waals surface area contributed by atoms with E-state index in [9.17, 15) is 0 Å². The van der Waals surface area contributed by atoms with Crippen LogP contribution in [0, 0.1) is 0 Å². The Morgan fingerprint density at radius 1 is 1.31 bits per heavy atom. The van der Waals surface area contributed by atoms with Crippen LogP contribution in [0.15, 0.2) is 24.3 Å². The van der Waals surface area contributed by atoms with E-state index in [4.69, 9.17) is 5.73 Å². The number of hydrogen-bond donors (Lipinski definition) is 2. The molecule has 0 saturated carbocycles. The van der Waals surface area contributed by atoms with Crippen molar-refractivity contribution in [3.8, 4) is 0 Å². The number of pyridine rings is 1. The van der Waals surface area contributed by atoms with Crippen LogP contribution in [0.2, 0.25) is 0 Å². The average Bonchev–Trinajstić information content (AvgIpc) is 2.74. The van der Waals surface area contributed by atoms with Crippen LogP contribution >= 0.6 is 0 Å². The summed E-state index contributed by atoms with van der Waals surface area (Å²) in [5, 5.41) is 9.46. The van der Waals surface area contributed by atoms with Crippen molar-refractivity contribution >= 4 is 27.6 Å². The van der Waals surface area contributed by atoms with Crippen LogP contribution in [-0.2, 0) is 6.42 Å². The van der Waals surface area contributed by atoms with E-state index >= 15 is 0 Å². The maximum Gasteiger partial charge on any atom is 0.152 e. The summed E-state index contributed by atoms with van der Waals surface area (Å²) in [5.41, 5.74) is 8.70. The van der Waals surface area contributed by atoms with E-state index in [1.165, 1.54) is 0 Å². The van der Waals surface area contributed by atoms with Crippen molar-refractivity contribution in [2.45, 2.75) is 13.3 Å². The molecular formula is C12H12N4. The van der Waals surface area contributed by atoms with Crippen molar-refractivity contribution in [1.29, 1.82) is 0 Å². The van der Waals surface area contributed by atoms with Gasteiger partial charge in [0.15, 0.2) is 5.82 Å². The number of aryl methyl sites for hydroxylation is 1. The number of nitrogens with two attached hydrogens (primary N) is 1. The molecule has 0 atom stereocenters. The largest absolute Gasteiger partial charge is 0.382 e. The van der Waals surface area contributed by atoms with Gasteiger partial charge in [-0.25, -0.2) is 4.98 Å². The lowest BCUT2D eigenvalue weighted by Gasteiger charge is -2.02. The molecule has 0 spiro atoms. The minimum Gasteiger partial charge on any atom is -0.382 e. The minimum absolute atomic E-state index is 0.490. The van der Waals surface area contributed by atoms with Crippen molar-refractivity contribution in [1.82, 2.24) is 15.2 Å². The molecule has 2 heterocycles. The molecular weight excluding hydrogens is 200 g/mol. The quantitative estimate of drug-likeness (QED) is 0.650. The number of nitrogen functional groups attached to an aromatic ring is 1. The van der Waals surface area contributed by atoms with Crippen LogP contribution in [0.25, 0.3) is 21.8 Å². The van der Waals surface area contributed by atoms with Gasteiger partial charge in [0.25, 0.3) is 0 Å². The molecule has 1 aromatic carbocycles. The Balaban J connectivity index is 2.59. The first-order chi connectivity index (χ1) is 7.81. The van der Waals surface area contributed by atoms with Crippen molar-refractivity contribution in [3.63, 3.8) is 0 Å². The molecule has 16 heavy (non-hydrogen) atoms. The number of nitrogens with zero attached hydrogens (tertiary/aromatic N) is 2. The summed E-state index contributed by atoms with van der Waals surface area (Å²) in [6.45, 7) is 2.10. The normalized spacial score (nSPS) is 11.3. The Kier molecular flexibility index (Phi) is 1.83. The fourth-order valence-corrected chi connectivity index (χ4v) is 2.07. The number of nitrogens with one attached hydrogen (secondary N) is 1. The maximum absolute atomic E-state index is 5.90. The summed E-state index contributed by atoms with van der Waals surface area (Å²) in [6, 6.07) is 7.99. The van der Waals surface area contributed by atoms with Gasteiger partial charge in [0.2, 0.25) is 0 Å². The fraction of sp³-hybridized carbons (Fsp3) is 0.167. The smallest absolute Gasteiger partial charge is 0.152 e. The summed E-state index contributed by atoms with van der Waals surface area (Å²) in [4.78, 5) is 4.35. The summed E-state index contributed by atoms with van der Waals surface area (Å²) in [6.07, 6.45) is 0.907. The van der Waals surface area contributed by atoms with Crippen LogP contribution in [0.3, 0.4) is 0 Å². The van der Waals surface area contributed by atoms with E-state index in [2.05, 4.69) is 28.2 Å². The van der Waals surface area contributed by atoms with Crippen LogP contribution in [0.1, 0.15) is 12.6 Å². The molecule has 0 bridgehead atoms. The molecule has 2 aromatic heterocycles. The fourth-order valence-electron chi connectivity index (χ4n) is 2.07. The zero-order valence-electron chi connectivity index (χ0n) is 8.99. The summed E-state index contributed by atoms with van der Waals surface area (Å²) in [5.74, 6) is 0.490. The number of rotatable bonds is 1. The number of hydrogen-bond acceptors (Lipinski definition) is 3. The van der Waals surface area contributed by atoms with Crippen LogP contribution in [-0.4, -0.2) is 15.2 Å². The zero-order valence-corrected chi connectivity index (χ0v) is 8.99. The average molecular weight is 212 g/mol. The first-order valence-electron chi connectivity index (χ1n) is 5.32.